The molecule has 2 aromatic rings. The fourth-order valence-corrected chi connectivity index (χ4v) is 3.08. The van der Waals surface area contributed by atoms with E-state index < -0.39 is 16.0 Å². The lowest BCUT2D eigenvalue weighted by atomic mass is 10.2. The maximum absolute atomic E-state index is 12.3. The molecule has 0 bridgehead atoms. The van der Waals surface area contributed by atoms with Crippen LogP contribution < -0.4 is 4.72 Å². The van der Waals surface area contributed by atoms with Crippen LogP contribution in [0.4, 0.5) is 5.69 Å². The van der Waals surface area contributed by atoms with Crippen molar-refractivity contribution in [2.75, 3.05) is 11.3 Å². The molecule has 0 saturated heterocycles. The molecule has 25 heavy (non-hydrogen) atoms. The van der Waals surface area contributed by atoms with Crippen molar-refractivity contribution in [3.8, 4) is 0 Å². The summed E-state index contributed by atoms with van der Waals surface area (Å²) in [6.45, 7) is 2.07. The van der Waals surface area contributed by atoms with Gasteiger partial charge in [-0.2, -0.15) is 0 Å². The van der Waals surface area contributed by atoms with E-state index in [-0.39, 0.29) is 4.90 Å². The number of hydrogen-bond donors (Lipinski definition) is 1. The molecule has 0 unspecified atom stereocenters. The van der Waals surface area contributed by atoms with Crippen LogP contribution in [-0.2, 0) is 19.6 Å². The summed E-state index contributed by atoms with van der Waals surface area (Å²) in [7, 11) is -3.62. The molecule has 0 atom stereocenters. The number of ether oxygens (including phenoxy) is 1. The summed E-state index contributed by atoms with van der Waals surface area (Å²) >= 11 is 0. The Kier molecular flexibility index (Phi) is 6.54. The number of benzene rings is 2. The maximum Gasteiger partial charge on any atom is 0.330 e. The number of sulfonamides is 1. The summed E-state index contributed by atoms with van der Waals surface area (Å²) in [6, 6.07) is 15.1. The van der Waals surface area contributed by atoms with Gasteiger partial charge in [0.25, 0.3) is 10.0 Å². The van der Waals surface area contributed by atoms with Crippen LogP contribution in [0.1, 0.15) is 12.5 Å². The summed E-state index contributed by atoms with van der Waals surface area (Å²) in [5.74, 6) is -0.406. The van der Waals surface area contributed by atoms with Gasteiger partial charge in [0.1, 0.15) is 0 Å². The lowest BCUT2D eigenvalue weighted by Gasteiger charge is -2.08. The minimum absolute atomic E-state index is 0.202. The van der Waals surface area contributed by atoms with Gasteiger partial charge < -0.3 is 4.74 Å². The summed E-state index contributed by atoms with van der Waals surface area (Å²) in [5.41, 5.74) is 1.25. The first kappa shape index (κ1) is 18.5. The third-order valence-electron chi connectivity index (χ3n) is 3.11. The number of nitrogens with one attached hydrogen (secondary N) is 1. The number of rotatable bonds is 7. The van der Waals surface area contributed by atoms with E-state index in [0.717, 1.165) is 5.56 Å². The van der Waals surface area contributed by atoms with Gasteiger partial charge in [0.2, 0.25) is 0 Å². The summed E-state index contributed by atoms with van der Waals surface area (Å²) < 4.78 is 32.0. The number of esters is 1. The minimum Gasteiger partial charge on any atom is -0.463 e. The highest BCUT2D eigenvalue weighted by Crippen LogP contribution is 2.17. The molecule has 1 N–H and O–H groups in total. The van der Waals surface area contributed by atoms with Gasteiger partial charge in [-0.05, 0) is 36.8 Å². The second-order valence-electron chi connectivity index (χ2n) is 5.01. The Hall–Kier alpha value is -2.86. The lowest BCUT2D eigenvalue weighted by Crippen LogP contribution is -2.12. The highest BCUT2D eigenvalue weighted by molar-refractivity contribution is 7.92. The average molecular weight is 357 g/mol. The minimum atomic E-state index is -3.62. The van der Waals surface area contributed by atoms with Gasteiger partial charge in [0, 0.05) is 11.8 Å². The van der Waals surface area contributed by atoms with Crippen LogP contribution in [0.15, 0.2) is 77.7 Å². The van der Waals surface area contributed by atoms with Crippen molar-refractivity contribution >= 4 is 27.8 Å². The number of anilines is 1. The van der Waals surface area contributed by atoms with Crippen molar-refractivity contribution in [3.63, 3.8) is 0 Å². The average Bonchev–Trinajstić information content (AvgIpc) is 2.60. The van der Waals surface area contributed by atoms with Crippen molar-refractivity contribution < 1.29 is 17.9 Å². The first-order chi connectivity index (χ1) is 12.0. The Morgan fingerprint density at radius 1 is 1.08 bits per heavy atom. The molecule has 0 aliphatic heterocycles. The standard InChI is InChI=1S/C19H19NO4S/c1-2-24-19(21)14-7-6-9-16-10-8-11-17(15-16)20-25(22,23)18-12-4-3-5-13-18/h3-15,20H,2H2,1H3/b9-6+,14-7+. The van der Waals surface area contributed by atoms with Crippen LogP contribution in [0, 0.1) is 0 Å². The molecule has 0 heterocycles. The van der Waals surface area contributed by atoms with Gasteiger partial charge in [-0.25, -0.2) is 13.2 Å². The largest absolute Gasteiger partial charge is 0.463 e. The van der Waals surface area contributed by atoms with Gasteiger partial charge in [-0.1, -0.05) is 48.6 Å². The zero-order valence-corrected chi connectivity index (χ0v) is 14.6. The van der Waals surface area contributed by atoms with Crippen molar-refractivity contribution in [1.29, 1.82) is 0 Å². The molecule has 0 fully saturated rings. The van der Waals surface area contributed by atoms with E-state index in [2.05, 4.69) is 4.72 Å². The van der Waals surface area contributed by atoms with E-state index in [1.807, 2.05) is 6.07 Å². The van der Waals surface area contributed by atoms with Gasteiger partial charge in [-0.3, -0.25) is 4.72 Å². The SMILES string of the molecule is CCOC(=O)/C=C/C=C/c1cccc(NS(=O)(=O)c2ccccc2)c1. The lowest BCUT2D eigenvalue weighted by molar-refractivity contribution is -0.137. The van der Waals surface area contributed by atoms with Crippen molar-refractivity contribution in [2.45, 2.75) is 11.8 Å². The first-order valence-electron chi connectivity index (χ1n) is 7.71. The molecule has 0 spiro atoms. The van der Waals surface area contributed by atoms with Crippen LogP contribution >= 0.6 is 0 Å². The Bertz CT molecular complexity index is 871. The molecule has 0 aliphatic rings. The van der Waals surface area contributed by atoms with Gasteiger partial charge in [-0.15, -0.1) is 0 Å². The monoisotopic (exact) mass is 357 g/mol. The third kappa shape index (κ3) is 5.93. The Balaban J connectivity index is 2.08. The van der Waals surface area contributed by atoms with Gasteiger partial charge in [0.05, 0.1) is 11.5 Å². The van der Waals surface area contributed by atoms with E-state index in [4.69, 9.17) is 4.74 Å². The summed E-state index contributed by atoms with van der Waals surface area (Å²) in [6.07, 6.45) is 6.33. The molecule has 5 nitrogen and oxygen atoms in total. The van der Waals surface area contributed by atoms with Gasteiger partial charge >= 0.3 is 5.97 Å². The smallest absolute Gasteiger partial charge is 0.330 e. The second-order valence-corrected chi connectivity index (χ2v) is 6.70. The molecule has 2 rings (SSSR count). The van der Waals surface area contributed by atoms with Crippen LogP contribution in [0.25, 0.3) is 6.08 Å². The molecule has 0 radical (unpaired) electrons. The van der Waals surface area contributed by atoms with E-state index in [0.29, 0.717) is 12.3 Å². The quantitative estimate of drug-likeness (QED) is 0.467. The highest BCUT2D eigenvalue weighted by atomic mass is 32.2. The normalized spacial score (nSPS) is 11.7. The predicted octanol–water partition coefficient (Wildman–Crippen LogP) is 3.62. The van der Waals surface area contributed by atoms with E-state index in [1.165, 1.54) is 18.2 Å². The van der Waals surface area contributed by atoms with Crippen LogP contribution in [0.5, 0.6) is 0 Å². The van der Waals surface area contributed by atoms with Crippen LogP contribution in [-0.4, -0.2) is 21.0 Å². The molecule has 0 saturated carbocycles. The van der Waals surface area contributed by atoms with Crippen LogP contribution in [0.2, 0.25) is 0 Å². The fraction of sp³-hybridized carbons (Fsp3) is 0.105. The summed E-state index contributed by atoms with van der Waals surface area (Å²) in [5, 5.41) is 0. The zero-order chi connectivity index (χ0) is 18.1. The second kappa shape index (κ2) is 8.84. The summed E-state index contributed by atoms with van der Waals surface area (Å²) in [4.78, 5) is 11.4. The van der Waals surface area contributed by atoms with Crippen molar-refractivity contribution in [3.05, 3.63) is 78.4 Å². The molecule has 6 heteroatoms. The predicted molar refractivity (Wildman–Crippen MR) is 98.5 cm³/mol. The molecular weight excluding hydrogens is 338 g/mol. The van der Waals surface area contributed by atoms with E-state index in [1.54, 1.807) is 61.5 Å². The Morgan fingerprint density at radius 3 is 2.56 bits per heavy atom. The van der Waals surface area contributed by atoms with E-state index >= 15 is 0 Å². The first-order valence-corrected chi connectivity index (χ1v) is 9.19. The third-order valence-corrected chi connectivity index (χ3v) is 4.51. The maximum atomic E-state index is 12.3. The zero-order valence-electron chi connectivity index (χ0n) is 13.8. The molecule has 2 aromatic carbocycles. The molecule has 0 aromatic heterocycles. The number of carbonyl (C=O) groups is 1. The Labute approximate surface area is 147 Å². The Morgan fingerprint density at radius 2 is 1.84 bits per heavy atom. The fourth-order valence-electron chi connectivity index (χ4n) is 2.01. The topological polar surface area (TPSA) is 72.5 Å². The molecule has 0 aliphatic carbocycles. The number of hydrogen-bond acceptors (Lipinski definition) is 4. The highest BCUT2D eigenvalue weighted by Gasteiger charge is 2.13. The van der Waals surface area contributed by atoms with Crippen LogP contribution in [0.3, 0.4) is 0 Å². The van der Waals surface area contributed by atoms with E-state index in [9.17, 15) is 13.2 Å². The number of carbonyl (C=O) groups excluding carboxylic acids is 1. The van der Waals surface area contributed by atoms with Crippen molar-refractivity contribution in [2.24, 2.45) is 0 Å². The molecule has 130 valence electrons. The van der Waals surface area contributed by atoms with Gasteiger partial charge in [0.15, 0.2) is 0 Å². The molecule has 0 amide bonds. The molecular formula is C19H19NO4S. The van der Waals surface area contributed by atoms with Crippen molar-refractivity contribution in [1.82, 2.24) is 0 Å². The number of allylic oxidation sites excluding steroid dienone is 2.